The van der Waals surface area contributed by atoms with Crippen molar-refractivity contribution in [1.82, 2.24) is 0 Å². The highest BCUT2D eigenvalue weighted by molar-refractivity contribution is 6.34. The fraction of sp³-hybridized carbons (Fsp3) is 0.250. The summed E-state index contributed by atoms with van der Waals surface area (Å²) in [5, 5.41) is 36.9. The van der Waals surface area contributed by atoms with Crippen LogP contribution < -0.4 is 28.4 Å². The number of rotatable bonds is 9. The predicted octanol–water partition coefficient (Wildman–Crippen LogP) is 4.92. The van der Waals surface area contributed by atoms with E-state index in [1.165, 1.54) is 39.5 Å². The van der Waals surface area contributed by atoms with Gasteiger partial charge in [-0.2, -0.15) is 0 Å². The normalized spacial score (nSPS) is 10.9. The van der Waals surface area contributed by atoms with E-state index in [2.05, 4.69) is 0 Å². The van der Waals surface area contributed by atoms with E-state index >= 15 is 0 Å². The van der Waals surface area contributed by atoms with Crippen LogP contribution in [0, 0.1) is 30.3 Å². The summed E-state index contributed by atoms with van der Waals surface area (Å²) in [5.74, 6) is -1.19. The molecular formula is C24H21N3O12. The minimum Gasteiger partial charge on any atom is -0.493 e. The Morgan fingerprint density at radius 1 is 0.462 bits per heavy atom. The number of nitro groups is 3. The van der Waals surface area contributed by atoms with Gasteiger partial charge in [0.2, 0.25) is 17.2 Å². The monoisotopic (exact) mass is 543 g/mol. The molecule has 0 bridgehead atoms. The van der Waals surface area contributed by atoms with Crippen molar-refractivity contribution in [2.24, 2.45) is 0 Å². The van der Waals surface area contributed by atoms with Crippen LogP contribution in [-0.4, -0.2) is 57.4 Å². The number of nitrogens with zero attached hydrogens (tertiary/aromatic N) is 3. The summed E-state index contributed by atoms with van der Waals surface area (Å²) >= 11 is 0. The molecule has 204 valence electrons. The van der Waals surface area contributed by atoms with Crippen LogP contribution in [0.5, 0.6) is 34.5 Å². The summed E-state index contributed by atoms with van der Waals surface area (Å²) in [6.07, 6.45) is 0. The van der Waals surface area contributed by atoms with Gasteiger partial charge in [-0.05, 0) is 23.6 Å². The Morgan fingerprint density at radius 3 is 1.15 bits per heavy atom. The Bertz CT molecular complexity index is 1660. The van der Waals surface area contributed by atoms with Gasteiger partial charge in [-0.3, -0.25) is 30.3 Å². The number of hydrogen-bond acceptors (Lipinski definition) is 12. The highest BCUT2D eigenvalue weighted by Crippen LogP contribution is 2.58. The number of fused-ring (bicyclic) bond motifs is 6. The maximum atomic E-state index is 12.5. The molecule has 0 unspecified atom stereocenters. The minimum atomic E-state index is -0.847. The standard InChI is InChI=1S/C24H21N3O12/c1-34-13-7-10-11(8-14(13)35-2)17-18(16-12(10)9-15(36-3)22(37-4)19(16)25(28)29)21(27(32)33)24(39-6)23(38-5)20(17)26(30)31/h7-9H,1-6H3. The van der Waals surface area contributed by atoms with Gasteiger partial charge >= 0.3 is 17.1 Å². The molecule has 15 nitrogen and oxygen atoms in total. The van der Waals surface area contributed by atoms with E-state index in [1.807, 2.05) is 0 Å². The van der Waals surface area contributed by atoms with Crippen LogP contribution in [-0.2, 0) is 0 Å². The van der Waals surface area contributed by atoms with Gasteiger partial charge in [-0.1, -0.05) is 0 Å². The first-order chi connectivity index (χ1) is 18.6. The molecule has 0 heterocycles. The second-order valence-electron chi connectivity index (χ2n) is 7.92. The molecule has 0 aromatic heterocycles. The van der Waals surface area contributed by atoms with Crippen LogP contribution in [0.1, 0.15) is 0 Å². The number of methoxy groups -OCH3 is 6. The molecule has 0 aliphatic carbocycles. The molecule has 15 heteroatoms. The Hall–Kier alpha value is -5.34. The van der Waals surface area contributed by atoms with Crippen molar-refractivity contribution < 1.29 is 43.2 Å². The topological polar surface area (TPSA) is 185 Å². The molecule has 4 aromatic rings. The van der Waals surface area contributed by atoms with Crippen LogP contribution in [0.2, 0.25) is 0 Å². The summed E-state index contributed by atoms with van der Waals surface area (Å²) in [7, 11) is 7.28. The number of benzene rings is 4. The van der Waals surface area contributed by atoms with Crippen molar-refractivity contribution in [2.45, 2.75) is 0 Å². The third kappa shape index (κ3) is 3.74. The Morgan fingerprint density at radius 2 is 0.795 bits per heavy atom. The van der Waals surface area contributed by atoms with Crippen LogP contribution in [0.3, 0.4) is 0 Å². The molecule has 0 atom stereocenters. The van der Waals surface area contributed by atoms with Crippen LogP contribution in [0.15, 0.2) is 18.2 Å². The maximum absolute atomic E-state index is 12.5. The zero-order valence-corrected chi connectivity index (χ0v) is 21.5. The lowest BCUT2D eigenvalue weighted by molar-refractivity contribution is -0.388. The van der Waals surface area contributed by atoms with Crippen molar-refractivity contribution in [3.05, 3.63) is 48.5 Å². The molecule has 4 aromatic carbocycles. The fourth-order valence-corrected chi connectivity index (χ4v) is 4.84. The largest absolute Gasteiger partial charge is 0.493 e. The van der Waals surface area contributed by atoms with E-state index in [9.17, 15) is 30.3 Å². The molecule has 0 N–H and O–H groups in total. The Kier molecular flexibility index (Phi) is 6.75. The van der Waals surface area contributed by atoms with Crippen molar-refractivity contribution in [1.29, 1.82) is 0 Å². The zero-order chi connectivity index (χ0) is 28.8. The van der Waals surface area contributed by atoms with Crippen LogP contribution in [0.25, 0.3) is 32.3 Å². The van der Waals surface area contributed by atoms with Crippen LogP contribution in [0.4, 0.5) is 17.1 Å². The molecule has 39 heavy (non-hydrogen) atoms. The SMILES string of the molecule is COc1cc2c3cc(OC)c(OC)c([N+](=O)[O-])c3c3c([N+](=O)[O-])c(OC)c(OC)c([N+](=O)[O-])c3c2cc1OC. The maximum Gasteiger partial charge on any atom is 0.324 e. The van der Waals surface area contributed by atoms with E-state index < -0.39 is 48.7 Å². The lowest BCUT2D eigenvalue weighted by Crippen LogP contribution is -2.05. The quantitative estimate of drug-likeness (QED) is 0.158. The lowest BCUT2D eigenvalue weighted by atomic mass is 9.90. The van der Waals surface area contributed by atoms with Gasteiger partial charge in [0, 0.05) is 10.8 Å². The third-order valence-corrected chi connectivity index (χ3v) is 6.29. The third-order valence-electron chi connectivity index (χ3n) is 6.29. The van der Waals surface area contributed by atoms with Gasteiger partial charge in [0.25, 0.3) is 0 Å². The molecule has 0 aliphatic heterocycles. The van der Waals surface area contributed by atoms with Gasteiger partial charge in [-0.25, -0.2) is 0 Å². The summed E-state index contributed by atoms with van der Waals surface area (Å²) in [6, 6.07) is 4.24. The zero-order valence-electron chi connectivity index (χ0n) is 21.5. The first-order valence-electron chi connectivity index (χ1n) is 10.9. The number of hydrogen-bond donors (Lipinski definition) is 0. The molecule has 0 amide bonds. The van der Waals surface area contributed by atoms with Crippen molar-refractivity contribution in [3.8, 4) is 34.5 Å². The van der Waals surface area contributed by atoms with Crippen molar-refractivity contribution >= 4 is 49.4 Å². The number of ether oxygens (including phenoxy) is 6. The molecule has 0 saturated heterocycles. The molecule has 0 radical (unpaired) electrons. The first-order valence-corrected chi connectivity index (χ1v) is 10.9. The molecule has 0 aliphatic rings. The minimum absolute atomic E-state index is 0.0511. The highest BCUT2D eigenvalue weighted by Gasteiger charge is 2.40. The summed E-state index contributed by atoms with van der Waals surface area (Å²) in [5.41, 5.74) is -2.21. The lowest BCUT2D eigenvalue weighted by Gasteiger charge is -2.18. The van der Waals surface area contributed by atoms with E-state index in [1.54, 1.807) is 0 Å². The second kappa shape index (κ2) is 9.85. The van der Waals surface area contributed by atoms with E-state index in [0.717, 1.165) is 21.3 Å². The summed E-state index contributed by atoms with van der Waals surface area (Å²) < 4.78 is 31.9. The highest BCUT2D eigenvalue weighted by atomic mass is 16.6. The fourth-order valence-electron chi connectivity index (χ4n) is 4.84. The average molecular weight is 543 g/mol. The average Bonchev–Trinajstić information content (AvgIpc) is 2.92. The smallest absolute Gasteiger partial charge is 0.324 e. The molecule has 0 spiro atoms. The van der Waals surface area contributed by atoms with Crippen LogP contribution >= 0.6 is 0 Å². The Balaban J connectivity index is 2.64. The second-order valence-corrected chi connectivity index (χ2v) is 7.92. The van der Waals surface area contributed by atoms with Gasteiger partial charge in [-0.15, -0.1) is 0 Å². The van der Waals surface area contributed by atoms with Crippen molar-refractivity contribution in [2.75, 3.05) is 42.7 Å². The van der Waals surface area contributed by atoms with E-state index in [4.69, 9.17) is 28.4 Å². The first kappa shape index (κ1) is 26.7. The number of nitro benzene ring substituents is 3. The molecule has 4 rings (SSSR count). The Labute approximate surface area is 218 Å². The molecule has 0 fully saturated rings. The van der Waals surface area contributed by atoms with E-state index in [0.29, 0.717) is 0 Å². The van der Waals surface area contributed by atoms with Gasteiger partial charge < -0.3 is 28.4 Å². The van der Waals surface area contributed by atoms with Gasteiger partial charge in [0.05, 0.1) is 73.6 Å². The van der Waals surface area contributed by atoms with Gasteiger partial charge in [0.15, 0.2) is 17.2 Å². The summed E-state index contributed by atoms with van der Waals surface area (Å²) in [6.45, 7) is 0. The molecule has 0 saturated carbocycles. The van der Waals surface area contributed by atoms with E-state index in [-0.39, 0.29) is 49.9 Å². The summed E-state index contributed by atoms with van der Waals surface area (Å²) in [4.78, 5) is 35.1. The van der Waals surface area contributed by atoms with Crippen molar-refractivity contribution in [3.63, 3.8) is 0 Å². The molecular weight excluding hydrogens is 522 g/mol. The van der Waals surface area contributed by atoms with Gasteiger partial charge in [0.1, 0.15) is 0 Å². The predicted molar refractivity (Wildman–Crippen MR) is 138 cm³/mol.